The number of methoxy groups -OCH3 is 3. The number of rotatable bonds is 9. The number of hydrogen-bond donors (Lipinski definition) is 2. The third-order valence-corrected chi connectivity index (χ3v) is 4.68. The molecule has 0 fully saturated rings. The maximum atomic E-state index is 12.4. The Labute approximate surface area is 171 Å². The molecule has 7 heteroatoms. The van der Waals surface area contributed by atoms with Crippen molar-refractivity contribution in [3.8, 4) is 11.5 Å². The van der Waals surface area contributed by atoms with Crippen LogP contribution in [0.4, 0.5) is 5.69 Å². The smallest absolute Gasteiger partial charge is 0.337 e. The number of amides is 1. The van der Waals surface area contributed by atoms with Crippen LogP contribution in [0.25, 0.3) is 0 Å². The fourth-order valence-electron chi connectivity index (χ4n) is 2.95. The van der Waals surface area contributed by atoms with E-state index in [-0.39, 0.29) is 5.91 Å². The van der Waals surface area contributed by atoms with Gasteiger partial charge in [0.2, 0.25) is 0 Å². The second-order valence-electron chi connectivity index (χ2n) is 6.89. The van der Waals surface area contributed by atoms with Crippen molar-refractivity contribution in [1.29, 1.82) is 0 Å². The molecule has 0 aliphatic carbocycles. The molecule has 0 bridgehead atoms. The standard InChI is InChI=1S/C22H28N2O5/c1-15-6-8-17(22(26)29-5)13-18(15)23-21(25)14-24(2)11-10-16-7-9-19(27-3)20(12-16)28-4/h6-9,12-13H,10-11,14H2,1-5H3,(H,23,25)/p+1. The van der Waals surface area contributed by atoms with Crippen LogP contribution < -0.4 is 19.7 Å². The van der Waals surface area contributed by atoms with E-state index in [0.717, 1.165) is 29.0 Å². The van der Waals surface area contributed by atoms with Crippen LogP contribution in [0, 0.1) is 6.92 Å². The molecule has 156 valence electrons. The summed E-state index contributed by atoms with van der Waals surface area (Å²) < 4.78 is 15.3. The van der Waals surface area contributed by atoms with Crippen molar-refractivity contribution >= 4 is 17.6 Å². The van der Waals surface area contributed by atoms with Gasteiger partial charge in [-0.1, -0.05) is 12.1 Å². The molecule has 0 radical (unpaired) electrons. The number of aryl methyl sites for hydroxylation is 1. The molecule has 1 unspecified atom stereocenters. The number of hydrogen-bond acceptors (Lipinski definition) is 5. The zero-order chi connectivity index (χ0) is 21.4. The van der Waals surface area contributed by atoms with Gasteiger partial charge in [-0.3, -0.25) is 4.79 Å². The van der Waals surface area contributed by atoms with E-state index in [2.05, 4.69) is 5.32 Å². The van der Waals surface area contributed by atoms with Crippen LogP contribution in [-0.2, 0) is 16.0 Å². The van der Waals surface area contributed by atoms with Gasteiger partial charge in [0.05, 0.1) is 40.5 Å². The quantitative estimate of drug-likeness (QED) is 0.623. The Morgan fingerprint density at radius 2 is 1.72 bits per heavy atom. The molecule has 29 heavy (non-hydrogen) atoms. The van der Waals surface area contributed by atoms with E-state index in [1.165, 1.54) is 7.11 Å². The molecule has 0 aromatic heterocycles. The molecule has 0 aliphatic heterocycles. The van der Waals surface area contributed by atoms with Gasteiger partial charge in [0.15, 0.2) is 18.0 Å². The number of anilines is 1. The Hall–Kier alpha value is -3.06. The molecule has 2 aromatic rings. The van der Waals surface area contributed by atoms with Gasteiger partial charge in [0, 0.05) is 12.1 Å². The lowest BCUT2D eigenvalue weighted by molar-refractivity contribution is -0.870. The van der Waals surface area contributed by atoms with Crippen molar-refractivity contribution in [3.05, 3.63) is 53.1 Å². The van der Waals surface area contributed by atoms with Gasteiger partial charge in [-0.15, -0.1) is 0 Å². The highest BCUT2D eigenvalue weighted by Crippen LogP contribution is 2.27. The van der Waals surface area contributed by atoms with Crippen LogP contribution in [0.1, 0.15) is 21.5 Å². The number of esters is 1. The number of likely N-dealkylation sites (N-methyl/N-ethyl adjacent to an activating group) is 1. The molecule has 2 rings (SSSR count). The molecular formula is C22H29N2O5+. The molecule has 0 aliphatic rings. The van der Waals surface area contributed by atoms with Crippen molar-refractivity contribution in [2.24, 2.45) is 0 Å². The van der Waals surface area contributed by atoms with Gasteiger partial charge in [-0.25, -0.2) is 4.79 Å². The predicted octanol–water partition coefficient (Wildman–Crippen LogP) is 1.49. The summed E-state index contributed by atoms with van der Waals surface area (Å²) in [5, 5.41) is 2.89. The van der Waals surface area contributed by atoms with Crippen LogP contribution in [0.5, 0.6) is 11.5 Å². The minimum Gasteiger partial charge on any atom is -0.493 e. The maximum absolute atomic E-state index is 12.4. The molecule has 1 amide bonds. The maximum Gasteiger partial charge on any atom is 0.337 e. The summed E-state index contributed by atoms with van der Waals surface area (Å²) in [4.78, 5) is 25.2. The molecule has 7 nitrogen and oxygen atoms in total. The molecule has 0 spiro atoms. The van der Waals surface area contributed by atoms with Crippen molar-refractivity contribution in [1.82, 2.24) is 0 Å². The molecule has 0 saturated carbocycles. The lowest BCUT2D eigenvalue weighted by Gasteiger charge is -2.15. The highest BCUT2D eigenvalue weighted by molar-refractivity contribution is 5.95. The first-order valence-electron chi connectivity index (χ1n) is 9.39. The van der Waals surface area contributed by atoms with Gasteiger partial charge < -0.3 is 24.4 Å². The number of carbonyl (C=O) groups is 2. The van der Waals surface area contributed by atoms with Gasteiger partial charge in [0.1, 0.15) is 0 Å². The minimum absolute atomic E-state index is 0.111. The van der Waals surface area contributed by atoms with E-state index < -0.39 is 5.97 Å². The summed E-state index contributed by atoms with van der Waals surface area (Å²) in [6.07, 6.45) is 0.802. The summed E-state index contributed by atoms with van der Waals surface area (Å²) in [7, 11) is 6.52. The lowest BCUT2D eigenvalue weighted by Crippen LogP contribution is -3.10. The highest BCUT2D eigenvalue weighted by atomic mass is 16.5. The number of ether oxygens (including phenoxy) is 3. The number of nitrogens with one attached hydrogen (secondary N) is 2. The summed E-state index contributed by atoms with van der Waals surface area (Å²) in [6, 6.07) is 10.9. The Kier molecular flexibility index (Phi) is 8.03. The molecule has 2 N–H and O–H groups in total. The first kappa shape index (κ1) is 22.2. The summed E-state index contributed by atoms with van der Waals surface area (Å²) in [6.45, 7) is 2.98. The third-order valence-electron chi connectivity index (χ3n) is 4.68. The van der Waals surface area contributed by atoms with E-state index in [4.69, 9.17) is 14.2 Å². The van der Waals surface area contributed by atoms with Gasteiger partial charge in [-0.05, 0) is 42.3 Å². The fourth-order valence-corrected chi connectivity index (χ4v) is 2.95. The SMILES string of the molecule is COC(=O)c1ccc(C)c(NC(=O)C[NH+](C)CCc2ccc(OC)c(OC)c2)c1. The zero-order valence-electron chi connectivity index (χ0n) is 17.6. The number of benzene rings is 2. The topological polar surface area (TPSA) is 78.3 Å². The Morgan fingerprint density at radius 3 is 2.38 bits per heavy atom. The first-order valence-corrected chi connectivity index (χ1v) is 9.39. The fraction of sp³-hybridized carbons (Fsp3) is 0.364. The largest absolute Gasteiger partial charge is 0.493 e. The third kappa shape index (κ3) is 6.22. The highest BCUT2D eigenvalue weighted by Gasteiger charge is 2.14. The number of quaternary nitrogens is 1. The first-order chi connectivity index (χ1) is 13.9. The molecule has 0 heterocycles. The summed E-state index contributed by atoms with van der Waals surface area (Å²) in [5.74, 6) is 0.848. The predicted molar refractivity (Wildman–Crippen MR) is 111 cm³/mol. The van der Waals surface area contributed by atoms with Crippen molar-refractivity contribution in [2.75, 3.05) is 46.8 Å². The lowest BCUT2D eigenvalue weighted by atomic mass is 10.1. The van der Waals surface area contributed by atoms with Gasteiger partial charge in [-0.2, -0.15) is 0 Å². The van der Waals surface area contributed by atoms with Crippen LogP contribution in [-0.4, -0.2) is 53.3 Å². The second-order valence-corrected chi connectivity index (χ2v) is 6.89. The normalized spacial score (nSPS) is 11.5. The molecular weight excluding hydrogens is 372 g/mol. The molecule has 1 atom stereocenters. The molecule has 2 aromatic carbocycles. The van der Waals surface area contributed by atoms with E-state index in [1.54, 1.807) is 32.4 Å². The average molecular weight is 401 g/mol. The van der Waals surface area contributed by atoms with Crippen molar-refractivity contribution in [3.63, 3.8) is 0 Å². The Morgan fingerprint density at radius 1 is 1.00 bits per heavy atom. The van der Waals surface area contributed by atoms with Gasteiger partial charge >= 0.3 is 5.97 Å². The second kappa shape index (κ2) is 10.5. The van der Waals surface area contributed by atoms with Crippen LogP contribution in [0.2, 0.25) is 0 Å². The van der Waals surface area contributed by atoms with Gasteiger partial charge in [0.25, 0.3) is 5.91 Å². The van der Waals surface area contributed by atoms with Crippen molar-refractivity contribution in [2.45, 2.75) is 13.3 Å². The monoisotopic (exact) mass is 401 g/mol. The van der Waals surface area contributed by atoms with E-state index in [0.29, 0.717) is 29.3 Å². The van der Waals surface area contributed by atoms with Crippen LogP contribution in [0.3, 0.4) is 0 Å². The number of carbonyl (C=O) groups excluding carboxylic acids is 2. The zero-order valence-corrected chi connectivity index (χ0v) is 17.6. The average Bonchev–Trinajstić information content (AvgIpc) is 2.72. The van der Waals surface area contributed by atoms with E-state index in [1.807, 2.05) is 32.2 Å². The Balaban J connectivity index is 1.92. The summed E-state index contributed by atoms with van der Waals surface area (Å²) in [5.41, 5.74) is 3.02. The van der Waals surface area contributed by atoms with Crippen LogP contribution >= 0.6 is 0 Å². The molecule has 0 saturated heterocycles. The Bertz CT molecular complexity index is 866. The van der Waals surface area contributed by atoms with Crippen molar-refractivity contribution < 1.29 is 28.7 Å². The summed E-state index contributed by atoms with van der Waals surface area (Å²) >= 11 is 0. The van der Waals surface area contributed by atoms with Crippen LogP contribution in [0.15, 0.2) is 36.4 Å². The van der Waals surface area contributed by atoms with E-state index >= 15 is 0 Å². The van der Waals surface area contributed by atoms with E-state index in [9.17, 15) is 9.59 Å². The minimum atomic E-state index is -0.432.